The minimum atomic E-state index is -0.965. The summed E-state index contributed by atoms with van der Waals surface area (Å²) in [5.41, 5.74) is 0.545. The van der Waals surface area contributed by atoms with Gasteiger partial charge < -0.3 is 29.1 Å². The predicted octanol–water partition coefficient (Wildman–Crippen LogP) is 1.39. The summed E-state index contributed by atoms with van der Waals surface area (Å²) in [6.07, 6.45) is -0.0596. The van der Waals surface area contributed by atoms with Crippen molar-refractivity contribution in [3.63, 3.8) is 0 Å². The number of hydrogen-bond donors (Lipinski definition) is 1. The van der Waals surface area contributed by atoms with Crippen LogP contribution >= 0.6 is 0 Å². The lowest BCUT2D eigenvalue weighted by atomic mass is 10.1. The zero-order valence-electron chi connectivity index (χ0n) is 16.6. The van der Waals surface area contributed by atoms with Gasteiger partial charge in [-0.15, -0.1) is 0 Å². The number of ether oxygens (including phenoxy) is 3. The maximum Gasteiger partial charge on any atom is 0.305 e. The number of carbonyl (C=O) groups is 3. The van der Waals surface area contributed by atoms with E-state index in [1.807, 2.05) is 0 Å². The van der Waals surface area contributed by atoms with Crippen LogP contribution in [-0.4, -0.2) is 68.8 Å². The van der Waals surface area contributed by atoms with Gasteiger partial charge in [0.1, 0.15) is 0 Å². The van der Waals surface area contributed by atoms with Gasteiger partial charge in [0.05, 0.1) is 39.4 Å². The Morgan fingerprint density at radius 1 is 1.18 bits per heavy atom. The summed E-state index contributed by atoms with van der Waals surface area (Å²) in [4.78, 5) is 39.1. The molecule has 0 bridgehead atoms. The Hall–Kier alpha value is -2.97. The van der Waals surface area contributed by atoms with Crippen molar-refractivity contribution in [1.29, 1.82) is 0 Å². The quantitative estimate of drug-likeness (QED) is 0.675. The molecule has 1 heterocycles. The minimum Gasteiger partial charge on any atom is -0.493 e. The smallest absolute Gasteiger partial charge is 0.305 e. The number of carboxylic acids is 1. The molecular formula is C19H26N2O7. The SMILES string of the molecule is CCN(CCC(=O)O)C(=O)C1CC(=O)N(c2cc(OC)c(OC)c(OC)c2)C1. The van der Waals surface area contributed by atoms with E-state index >= 15 is 0 Å². The standard InChI is InChI=1S/C19H26N2O7/c1-5-20(7-6-17(23)24)19(25)12-8-16(22)21(11-12)13-9-14(26-2)18(28-4)15(10-13)27-3/h9-10,12H,5-8,11H2,1-4H3,(H,23,24). The molecular weight excluding hydrogens is 368 g/mol. The fourth-order valence-electron chi connectivity index (χ4n) is 3.26. The summed E-state index contributed by atoms with van der Waals surface area (Å²) in [6.45, 7) is 2.51. The number of carbonyl (C=O) groups excluding carboxylic acids is 2. The van der Waals surface area contributed by atoms with Gasteiger partial charge in [-0.3, -0.25) is 14.4 Å². The Balaban J connectivity index is 2.22. The van der Waals surface area contributed by atoms with Crippen molar-refractivity contribution >= 4 is 23.5 Å². The lowest BCUT2D eigenvalue weighted by molar-refractivity contribution is -0.139. The molecule has 1 unspecified atom stereocenters. The van der Waals surface area contributed by atoms with Crippen LogP contribution in [0.15, 0.2) is 12.1 Å². The zero-order chi connectivity index (χ0) is 20.8. The average Bonchev–Trinajstić information content (AvgIpc) is 3.08. The molecule has 154 valence electrons. The molecule has 0 spiro atoms. The summed E-state index contributed by atoms with van der Waals surface area (Å²) < 4.78 is 15.9. The molecule has 1 N–H and O–H groups in total. The van der Waals surface area contributed by atoms with Gasteiger partial charge in [-0.25, -0.2) is 0 Å². The van der Waals surface area contributed by atoms with E-state index in [9.17, 15) is 14.4 Å². The Morgan fingerprint density at radius 3 is 2.25 bits per heavy atom. The van der Waals surface area contributed by atoms with Crippen LogP contribution in [-0.2, 0) is 14.4 Å². The van der Waals surface area contributed by atoms with Crippen LogP contribution in [0.25, 0.3) is 0 Å². The Bertz CT molecular complexity index is 725. The van der Waals surface area contributed by atoms with Crippen LogP contribution in [0, 0.1) is 5.92 Å². The predicted molar refractivity (Wildman–Crippen MR) is 101 cm³/mol. The Kier molecular flexibility index (Phi) is 7.08. The molecule has 2 amide bonds. The first-order valence-corrected chi connectivity index (χ1v) is 8.97. The molecule has 0 saturated carbocycles. The normalized spacial score (nSPS) is 16.1. The molecule has 2 rings (SSSR count). The largest absolute Gasteiger partial charge is 0.493 e. The van der Waals surface area contributed by atoms with Crippen LogP contribution in [0.2, 0.25) is 0 Å². The number of rotatable bonds is 9. The van der Waals surface area contributed by atoms with Gasteiger partial charge in [0, 0.05) is 38.2 Å². The highest BCUT2D eigenvalue weighted by Crippen LogP contribution is 2.42. The first kappa shape index (κ1) is 21.3. The van der Waals surface area contributed by atoms with Crippen LogP contribution < -0.4 is 19.1 Å². The molecule has 1 fully saturated rings. The molecule has 0 aromatic heterocycles. The number of amides is 2. The van der Waals surface area contributed by atoms with Crippen LogP contribution in [0.5, 0.6) is 17.2 Å². The van der Waals surface area contributed by atoms with Crippen LogP contribution in [0.1, 0.15) is 19.8 Å². The number of anilines is 1. The maximum absolute atomic E-state index is 12.7. The van der Waals surface area contributed by atoms with Crippen LogP contribution in [0.4, 0.5) is 5.69 Å². The zero-order valence-corrected chi connectivity index (χ0v) is 16.6. The fraction of sp³-hybridized carbons (Fsp3) is 0.526. The second-order valence-electron chi connectivity index (χ2n) is 6.35. The monoisotopic (exact) mass is 394 g/mol. The van der Waals surface area contributed by atoms with E-state index in [1.54, 1.807) is 19.1 Å². The van der Waals surface area contributed by atoms with E-state index in [2.05, 4.69) is 0 Å². The fourth-order valence-corrected chi connectivity index (χ4v) is 3.26. The average molecular weight is 394 g/mol. The number of nitrogens with zero attached hydrogens (tertiary/aromatic N) is 2. The first-order valence-electron chi connectivity index (χ1n) is 8.97. The van der Waals surface area contributed by atoms with Gasteiger partial charge in [-0.1, -0.05) is 0 Å². The van der Waals surface area contributed by atoms with Gasteiger partial charge in [0.25, 0.3) is 0 Å². The Morgan fingerprint density at radius 2 is 1.79 bits per heavy atom. The number of benzene rings is 1. The summed E-state index contributed by atoms with van der Waals surface area (Å²) in [5, 5.41) is 8.85. The number of aliphatic carboxylic acids is 1. The van der Waals surface area contributed by atoms with Gasteiger partial charge >= 0.3 is 5.97 Å². The molecule has 28 heavy (non-hydrogen) atoms. The molecule has 9 heteroatoms. The molecule has 0 aliphatic carbocycles. The van der Waals surface area contributed by atoms with E-state index in [4.69, 9.17) is 19.3 Å². The highest BCUT2D eigenvalue weighted by atomic mass is 16.5. The number of carboxylic acid groups (broad SMARTS) is 1. The highest BCUT2D eigenvalue weighted by molar-refractivity contribution is 6.00. The molecule has 1 atom stereocenters. The van der Waals surface area contributed by atoms with Gasteiger partial charge in [-0.2, -0.15) is 0 Å². The summed E-state index contributed by atoms with van der Waals surface area (Å²) >= 11 is 0. The van der Waals surface area contributed by atoms with Crippen LogP contribution in [0.3, 0.4) is 0 Å². The van der Waals surface area contributed by atoms with Crippen molar-refractivity contribution in [2.75, 3.05) is 45.9 Å². The van der Waals surface area contributed by atoms with Gasteiger partial charge in [0.2, 0.25) is 17.6 Å². The van der Waals surface area contributed by atoms with E-state index in [-0.39, 0.29) is 37.7 Å². The van der Waals surface area contributed by atoms with Crippen molar-refractivity contribution < 1.29 is 33.7 Å². The van der Waals surface area contributed by atoms with Gasteiger partial charge in [-0.05, 0) is 6.92 Å². The number of hydrogen-bond acceptors (Lipinski definition) is 6. The molecule has 1 saturated heterocycles. The van der Waals surface area contributed by atoms with Gasteiger partial charge in [0.15, 0.2) is 11.5 Å². The summed E-state index contributed by atoms with van der Waals surface area (Å²) in [7, 11) is 4.47. The van der Waals surface area contributed by atoms with Crippen molar-refractivity contribution in [3.05, 3.63) is 12.1 Å². The van der Waals surface area contributed by atoms with E-state index < -0.39 is 11.9 Å². The molecule has 1 aromatic carbocycles. The summed E-state index contributed by atoms with van der Waals surface area (Å²) in [6, 6.07) is 3.32. The molecule has 9 nitrogen and oxygen atoms in total. The minimum absolute atomic E-state index is 0.0685. The highest BCUT2D eigenvalue weighted by Gasteiger charge is 2.37. The molecule has 1 aliphatic rings. The third-order valence-corrected chi connectivity index (χ3v) is 4.72. The van der Waals surface area contributed by atoms with Crippen molar-refractivity contribution in [1.82, 2.24) is 4.90 Å². The Labute approximate surface area is 163 Å². The maximum atomic E-state index is 12.7. The summed E-state index contributed by atoms with van der Waals surface area (Å²) in [5.74, 6) is -0.659. The third kappa shape index (κ3) is 4.47. The van der Waals surface area contributed by atoms with E-state index in [0.717, 1.165) is 0 Å². The lowest BCUT2D eigenvalue weighted by Gasteiger charge is -2.24. The molecule has 1 aromatic rings. The van der Waals surface area contributed by atoms with Crippen molar-refractivity contribution in [2.24, 2.45) is 5.92 Å². The molecule has 1 aliphatic heterocycles. The third-order valence-electron chi connectivity index (χ3n) is 4.72. The van der Waals surface area contributed by atoms with Crippen molar-refractivity contribution in [2.45, 2.75) is 19.8 Å². The lowest BCUT2D eigenvalue weighted by Crippen LogP contribution is -2.38. The second-order valence-corrected chi connectivity index (χ2v) is 6.35. The first-order chi connectivity index (χ1) is 13.4. The van der Waals surface area contributed by atoms with Crippen molar-refractivity contribution in [3.8, 4) is 17.2 Å². The topological polar surface area (TPSA) is 106 Å². The molecule has 0 radical (unpaired) electrons. The van der Waals surface area contributed by atoms with E-state index in [0.29, 0.717) is 29.5 Å². The number of methoxy groups -OCH3 is 3. The second kappa shape index (κ2) is 9.29. The van der Waals surface area contributed by atoms with E-state index in [1.165, 1.54) is 31.1 Å².